The Bertz CT molecular complexity index is 3180. The van der Waals surface area contributed by atoms with E-state index in [9.17, 15) is 0 Å². The molecule has 0 bridgehead atoms. The molecule has 0 atom stereocenters. The molecule has 0 saturated carbocycles. The second-order valence-electron chi connectivity index (χ2n) is 14.3. The highest BCUT2D eigenvalue weighted by atomic mass is 15.2. The Kier molecular flexibility index (Phi) is 7.74. The van der Waals surface area contributed by atoms with E-state index in [0.717, 1.165) is 72.0 Å². The molecule has 0 aliphatic carbocycles. The first-order valence-corrected chi connectivity index (χ1v) is 19.1. The van der Waals surface area contributed by atoms with Gasteiger partial charge in [0.05, 0.1) is 11.2 Å². The molecule has 8 aromatic carbocycles. The van der Waals surface area contributed by atoms with E-state index in [2.05, 4.69) is 205 Å². The second-order valence-corrected chi connectivity index (χ2v) is 14.3. The van der Waals surface area contributed by atoms with Gasteiger partial charge in [-0.1, -0.05) is 182 Å². The Morgan fingerprint density at radius 3 is 1.37 bits per heavy atom. The maximum atomic E-state index is 5.42. The number of pyridine rings is 1. The van der Waals surface area contributed by atoms with Gasteiger partial charge in [-0.25, -0.2) is 19.5 Å². The van der Waals surface area contributed by atoms with Crippen LogP contribution in [0.15, 0.2) is 200 Å². The average molecular weight is 728 g/mol. The lowest BCUT2D eigenvalue weighted by Gasteiger charge is -2.11. The van der Waals surface area contributed by atoms with Gasteiger partial charge in [0.25, 0.3) is 0 Å². The zero-order valence-corrected chi connectivity index (χ0v) is 30.8. The van der Waals surface area contributed by atoms with Crippen molar-refractivity contribution >= 4 is 37.8 Å². The monoisotopic (exact) mass is 727 g/mol. The van der Waals surface area contributed by atoms with Crippen molar-refractivity contribution in [2.24, 2.45) is 0 Å². The topological polar surface area (TPSA) is 56.0 Å². The Hall–Kier alpha value is -7.76. The zero-order valence-electron chi connectivity index (χ0n) is 30.8. The summed E-state index contributed by atoms with van der Waals surface area (Å²) in [6.45, 7) is 0. The van der Waals surface area contributed by atoms with Crippen LogP contribution in [0.5, 0.6) is 0 Å². The first-order valence-electron chi connectivity index (χ1n) is 19.1. The zero-order chi connectivity index (χ0) is 37.7. The van der Waals surface area contributed by atoms with E-state index in [-0.39, 0.29) is 0 Å². The molecule has 0 fully saturated rings. The summed E-state index contributed by atoms with van der Waals surface area (Å²) in [5.41, 5.74) is 10.1. The van der Waals surface area contributed by atoms with Crippen LogP contribution in [-0.4, -0.2) is 24.6 Å². The summed E-state index contributed by atoms with van der Waals surface area (Å²) < 4.78 is 2.13. The van der Waals surface area contributed by atoms with Gasteiger partial charge >= 0.3 is 0 Å². The van der Waals surface area contributed by atoms with Crippen molar-refractivity contribution in [3.8, 4) is 67.8 Å². The third-order valence-corrected chi connectivity index (χ3v) is 10.8. The smallest absolute Gasteiger partial charge is 0.164 e. The summed E-state index contributed by atoms with van der Waals surface area (Å²) in [5, 5.41) is 12.4. The van der Waals surface area contributed by atoms with Gasteiger partial charge in [-0.05, 0) is 50.7 Å². The van der Waals surface area contributed by atoms with E-state index < -0.39 is 0 Å². The molecule has 0 unspecified atom stereocenters. The molecular weight excluding hydrogens is 695 g/mol. The van der Waals surface area contributed by atoms with E-state index in [1.165, 1.54) is 16.2 Å². The number of fused-ring (bicyclic) bond motifs is 5. The maximum absolute atomic E-state index is 5.42. The third-order valence-electron chi connectivity index (χ3n) is 10.8. The average Bonchev–Trinajstić information content (AvgIpc) is 3.70. The van der Waals surface area contributed by atoms with Crippen molar-refractivity contribution < 1.29 is 0 Å². The number of hydrogen-bond donors (Lipinski definition) is 0. The van der Waals surface area contributed by atoms with Crippen LogP contribution in [0.25, 0.3) is 106 Å². The number of hydrogen-bond acceptors (Lipinski definition) is 4. The molecule has 11 rings (SSSR count). The fourth-order valence-corrected chi connectivity index (χ4v) is 7.98. The number of aromatic nitrogens is 5. The molecule has 11 aromatic rings. The van der Waals surface area contributed by atoms with Gasteiger partial charge < -0.3 is 0 Å². The summed E-state index contributed by atoms with van der Waals surface area (Å²) in [5.74, 6) is 1.87. The molecule has 266 valence electrons. The van der Waals surface area contributed by atoms with Crippen LogP contribution in [0.2, 0.25) is 0 Å². The van der Waals surface area contributed by atoms with Gasteiger partial charge in [-0.15, -0.1) is 0 Å². The maximum Gasteiger partial charge on any atom is 0.164 e. The molecule has 0 aliphatic heterocycles. The normalized spacial score (nSPS) is 11.5. The standard InChI is InChI=1S/C52H33N5/c1-3-15-36(16-4-1)46-33-42-21-11-12-22-45(42)49-47(37-17-5-2-6-18-37)48(56-57(46)49)38-25-27-39(28-26-38)50-53-51(43-29-23-34-13-7-9-19-40(34)31-43)55-52(54-50)44-30-24-35-14-8-10-20-41(35)32-44/h1-33H. The van der Waals surface area contributed by atoms with Gasteiger partial charge in [-0.3, -0.25) is 0 Å². The first-order chi connectivity index (χ1) is 28.2. The Morgan fingerprint density at radius 2 is 0.772 bits per heavy atom. The Balaban J connectivity index is 1.09. The van der Waals surface area contributed by atoms with Crippen molar-refractivity contribution in [2.75, 3.05) is 0 Å². The van der Waals surface area contributed by atoms with E-state index in [1.807, 2.05) is 0 Å². The lowest BCUT2D eigenvalue weighted by atomic mass is 9.96. The van der Waals surface area contributed by atoms with Gasteiger partial charge in [0.2, 0.25) is 0 Å². The van der Waals surface area contributed by atoms with Crippen molar-refractivity contribution in [2.45, 2.75) is 0 Å². The van der Waals surface area contributed by atoms with Gasteiger partial charge in [0, 0.05) is 38.8 Å². The molecule has 5 nitrogen and oxygen atoms in total. The highest BCUT2D eigenvalue weighted by Gasteiger charge is 2.22. The fourth-order valence-electron chi connectivity index (χ4n) is 7.98. The minimum absolute atomic E-state index is 0.610. The van der Waals surface area contributed by atoms with E-state index in [0.29, 0.717) is 17.5 Å². The first kappa shape index (κ1) is 32.7. The third kappa shape index (κ3) is 5.81. The van der Waals surface area contributed by atoms with Crippen LogP contribution in [0.1, 0.15) is 0 Å². The number of rotatable bonds is 6. The summed E-state index contributed by atoms with van der Waals surface area (Å²) in [6, 6.07) is 69.9. The molecular formula is C52H33N5. The Morgan fingerprint density at radius 1 is 0.316 bits per heavy atom. The van der Waals surface area contributed by atoms with E-state index in [4.69, 9.17) is 20.1 Å². The molecule has 0 amide bonds. The van der Waals surface area contributed by atoms with Crippen molar-refractivity contribution in [3.05, 3.63) is 200 Å². The van der Waals surface area contributed by atoms with Gasteiger partial charge in [-0.2, -0.15) is 5.10 Å². The molecule has 3 aromatic heterocycles. The van der Waals surface area contributed by atoms with Gasteiger partial charge in [0.1, 0.15) is 5.69 Å². The Labute approximate surface area is 329 Å². The minimum atomic E-state index is 0.610. The summed E-state index contributed by atoms with van der Waals surface area (Å²) in [6.07, 6.45) is 0. The van der Waals surface area contributed by atoms with Crippen molar-refractivity contribution in [1.29, 1.82) is 0 Å². The lowest BCUT2D eigenvalue weighted by Crippen LogP contribution is -2.00. The molecule has 0 radical (unpaired) electrons. The predicted molar refractivity (Wildman–Crippen MR) is 234 cm³/mol. The summed E-state index contributed by atoms with van der Waals surface area (Å²) in [4.78, 5) is 15.3. The van der Waals surface area contributed by atoms with Crippen LogP contribution in [0.4, 0.5) is 0 Å². The molecule has 0 N–H and O–H groups in total. The SMILES string of the molecule is c1ccc(-c2c(-c3ccc(-c4nc(-c5ccc6ccccc6c5)nc(-c5ccc6ccccc6c5)n4)cc3)nn3c(-c4ccccc4)cc4ccccc4c23)cc1. The van der Waals surface area contributed by atoms with Crippen LogP contribution in [0.3, 0.4) is 0 Å². The molecule has 57 heavy (non-hydrogen) atoms. The van der Waals surface area contributed by atoms with Crippen LogP contribution < -0.4 is 0 Å². The molecule has 0 saturated heterocycles. The fraction of sp³-hybridized carbons (Fsp3) is 0. The van der Waals surface area contributed by atoms with Crippen LogP contribution >= 0.6 is 0 Å². The summed E-state index contributed by atoms with van der Waals surface area (Å²) in [7, 11) is 0. The highest BCUT2D eigenvalue weighted by molar-refractivity contribution is 6.08. The molecule has 0 aliphatic rings. The minimum Gasteiger partial charge on any atom is -0.231 e. The van der Waals surface area contributed by atoms with E-state index >= 15 is 0 Å². The largest absolute Gasteiger partial charge is 0.231 e. The van der Waals surface area contributed by atoms with Crippen LogP contribution in [-0.2, 0) is 0 Å². The van der Waals surface area contributed by atoms with E-state index in [1.54, 1.807) is 0 Å². The van der Waals surface area contributed by atoms with Crippen LogP contribution in [0, 0.1) is 0 Å². The lowest BCUT2D eigenvalue weighted by molar-refractivity contribution is 0.979. The van der Waals surface area contributed by atoms with Crippen molar-refractivity contribution in [1.82, 2.24) is 24.6 Å². The molecule has 5 heteroatoms. The quantitative estimate of drug-likeness (QED) is 0.171. The molecule has 0 spiro atoms. The molecule has 3 heterocycles. The number of benzene rings is 8. The predicted octanol–water partition coefficient (Wildman–Crippen LogP) is 13.0. The second kappa shape index (κ2) is 13.5. The highest BCUT2D eigenvalue weighted by Crippen LogP contribution is 2.41. The van der Waals surface area contributed by atoms with Crippen molar-refractivity contribution in [3.63, 3.8) is 0 Å². The van der Waals surface area contributed by atoms with Gasteiger partial charge in [0.15, 0.2) is 17.5 Å². The summed E-state index contributed by atoms with van der Waals surface area (Å²) >= 11 is 0. The number of nitrogens with zero attached hydrogens (tertiary/aromatic N) is 5.